The van der Waals surface area contributed by atoms with Gasteiger partial charge in [0, 0.05) is 5.56 Å². The molecule has 0 saturated carbocycles. The molecule has 0 bridgehead atoms. The molecule has 9 heteroatoms. The quantitative estimate of drug-likeness (QED) is 0.255. The van der Waals surface area contributed by atoms with E-state index in [0.29, 0.717) is 5.56 Å². The van der Waals surface area contributed by atoms with Crippen molar-refractivity contribution in [3.63, 3.8) is 0 Å². The molecule has 6 nitrogen and oxygen atoms in total. The fraction of sp³-hybridized carbons (Fsp3) is 0.364. The number of nitrogens with two attached hydrogens (primary N) is 1. The highest BCUT2D eigenvalue weighted by molar-refractivity contribution is 7.91. The molecule has 0 aliphatic heterocycles. The number of amidine groups is 1. The van der Waals surface area contributed by atoms with E-state index < -0.39 is 28.6 Å². The second kappa shape index (κ2) is 7.15. The largest absolute Gasteiger partial charge is 0.409 e. The molecule has 0 aliphatic carbocycles. The molecule has 0 amide bonds. The third-order valence-electron chi connectivity index (χ3n) is 2.36. The van der Waals surface area contributed by atoms with Crippen LogP contribution in [0.2, 0.25) is 0 Å². The maximum absolute atomic E-state index is 11.8. The first-order chi connectivity index (χ1) is 9.36. The highest BCUT2D eigenvalue weighted by Crippen LogP contribution is 2.12. The van der Waals surface area contributed by atoms with E-state index in [4.69, 9.17) is 10.9 Å². The molecule has 0 fully saturated rings. The Morgan fingerprint density at radius 1 is 1.35 bits per heavy atom. The normalized spacial score (nSPS) is 12.8. The van der Waals surface area contributed by atoms with Crippen LogP contribution in [0.1, 0.15) is 5.56 Å². The van der Waals surface area contributed by atoms with Crippen molar-refractivity contribution in [1.82, 2.24) is 0 Å². The molecule has 1 aromatic carbocycles. The minimum atomic E-state index is -3.62. The molecule has 0 atom stereocenters. The molecule has 20 heavy (non-hydrogen) atoms. The summed E-state index contributed by atoms with van der Waals surface area (Å²) in [6, 6.07) is 5.33. The monoisotopic (exact) mass is 308 g/mol. The first kappa shape index (κ1) is 16.3. The third-order valence-corrected chi connectivity index (χ3v) is 4.05. The lowest BCUT2D eigenvalue weighted by Gasteiger charge is -2.06. The van der Waals surface area contributed by atoms with E-state index in [0.717, 1.165) is 0 Å². The van der Waals surface area contributed by atoms with Gasteiger partial charge in [-0.25, -0.2) is 17.2 Å². The summed E-state index contributed by atoms with van der Waals surface area (Å²) >= 11 is 0. The first-order valence-corrected chi connectivity index (χ1v) is 7.18. The molecular formula is C11H14F2N2O4S. The van der Waals surface area contributed by atoms with Crippen LogP contribution in [0.25, 0.3) is 0 Å². The third kappa shape index (κ3) is 4.74. The van der Waals surface area contributed by atoms with Crippen LogP contribution < -0.4 is 5.73 Å². The van der Waals surface area contributed by atoms with E-state index in [1.54, 1.807) is 0 Å². The maximum Gasteiger partial charge on any atom is 0.261 e. The van der Waals surface area contributed by atoms with Gasteiger partial charge in [0.1, 0.15) is 6.61 Å². The summed E-state index contributed by atoms with van der Waals surface area (Å²) in [4.78, 5) is 0.00707. The summed E-state index contributed by atoms with van der Waals surface area (Å²) in [7, 11) is -3.62. The number of ether oxygens (including phenoxy) is 1. The molecule has 1 aromatic rings. The predicted octanol–water partition coefficient (Wildman–Crippen LogP) is 0.836. The van der Waals surface area contributed by atoms with Gasteiger partial charge < -0.3 is 15.7 Å². The predicted molar refractivity (Wildman–Crippen MR) is 67.8 cm³/mol. The number of benzene rings is 1. The molecule has 0 aliphatic rings. The van der Waals surface area contributed by atoms with Crippen LogP contribution in [-0.2, 0) is 14.6 Å². The summed E-state index contributed by atoms with van der Waals surface area (Å²) in [6.07, 6.45) is -2.63. The number of rotatable bonds is 7. The molecule has 112 valence electrons. The lowest BCUT2D eigenvalue weighted by molar-refractivity contribution is 0.0234. The summed E-state index contributed by atoms with van der Waals surface area (Å²) in [5, 5.41) is 11.3. The van der Waals surface area contributed by atoms with Gasteiger partial charge in [0.15, 0.2) is 15.7 Å². The van der Waals surface area contributed by atoms with Gasteiger partial charge in [-0.05, 0) is 24.3 Å². The Morgan fingerprint density at radius 3 is 2.45 bits per heavy atom. The molecule has 0 radical (unpaired) electrons. The Labute approximate surface area is 114 Å². The molecule has 0 spiro atoms. The first-order valence-electron chi connectivity index (χ1n) is 5.53. The zero-order chi connectivity index (χ0) is 15.2. The second-order valence-electron chi connectivity index (χ2n) is 3.79. The summed E-state index contributed by atoms with van der Waals surface area (Å²) in [5.74, 6) is -0.544. The van der Waals surface area contributed by atoms with Gasteiger partial charge in [-0.3, -0.25) is 0 Å². The number of hydrogen-bond acceptors (Lipinski definition) is 5. The SMILES string of the molecule is N/C(=N/O)c1ccc(S(=O)(=O)CCOCC(F)F)cc1. The van der Waals surface area contributed by atoms with Gasteiger partial charge in [-0.15, -0.1) is 0 Å². The molecular weight excluding hydrogens is 294 g/mol. The van der Waals surface area contributed by atoms with E-state index >= 15 is 0 Å². The minimum Gasteiger partial charge on any atom is -0.409 e. The Morgan fingerprint density at radius 2 is 1.95 bits per heavy atom. The van der Waals surface area contributed by atoms with Crippen LogP contribution in [0.15, 0.2) is 34.3 Å². The molecule has 0 saturated heterocycles. The molecule has 1 rings (SSSR count). The lowest BCUT2D eigenvalue weighted by Crippen LogP contribution is -2.16. The van der Waals surface area contributed by atoms with E-state index in [9.17, 15) is 17.2 Å². The minimum absolute atomic E-state index is 0.00707. The smallest absolute Gasteiger partial charge is 0.261 e. The number of oxime groups is 1. The number of hydrogen-bond donors (Lipinski definition) is 2. The van der Waals surface area contributed by atoms with Gasteiger partial charge in [0.05, 0.1) is 17.3 Å². The van der Waals surface area contributed by atoms with Gasteiger partial charge in [0.2, 0.25) is 0 Å². The molecule has 3 N–H and O–H groups in total. The van der Waals surface area contributed by atoms with Crippen molar-refractivity contribution in [3.8, 4) is 0 Å². The average molecular weight is 308 g/mol. The van der Waals surface area contributed by atoms with Gasteiger partial charge in [-0.1, -0.05) is 5.16 Å². The fourth-order valence-corrected chi connectivity index (χ4v) is 2.47. The van der Waals surface area contributed by atoms with Gasteiger partial charge in [0.25, 0.3) is 6.43 Å². The van der Waals surface area contributed by atoms with Crippen LogP contribution in [0.4, 0.5) is 8.78 Å². The topological polar surface area (TPSA) is 102 Å². The summed E-state index contributed by atoms with van der Waals surface area (Å²) < 4.78 is 51.9. The molecule has 0 unspecified atom stereocenters. The van der Waals surface area contributed by atoms with Crippen LogP contribution >= 0.6 is 0 Å². The zero-order valence-electron chi connectivity index (χ0n) is 10.4. The van der Waals surface area contributed by atoms with Crippen molar-refractivity contribution >= 4 is 15.7 Å². The highest BCUT2D eigenvalue weighted by atomic mass is 32.2. The van der Waals surface area contributed by atoms with Gasteiger partial charge in [-0.2, -0.15) is 0 Å². The number of halogens is 2. The van der Waals surface area contributed by atoms with Crippen LogP contribution in [0.3, 0.4) is 0 Å². The average Bonchev–Trinajstić information content (AvgIpc) is 2.43. The highest BCUT2D eigenvalue weighted by Gasteiger charge is 2.15. The van der Waals surface area contributed by atoms with E-state index in [1.807, 2.05) is 0 Å². The Hall–Kier alpha value is -1.74. The Bertz CT molecular complexity index is 558. The van der Waals surface area contributed by atoms with Crippen molar-refractivity contribution < 1.29 is 27.1 Å². The van der Waals surface area contributed by atoms with E-state index in [1.165, 1.54) is 24.3 Å². The maximum atomic E-state index is 11.8. The van der Waals surface area contributed by atoms with Crippen LogP contribution in [0, 0.1) is 0 Å². The number of sulfone groups is 1. The van der Waals surface area contributed by atoms with Gasteiger partial charge >= 0.3 is 0 Å². The second-order valence-corrected chi connectivity index (χ2v) is 5.90. The van der Waals surface area contributed by atoms with Crippen LogP contribution in [-0.4, -0.2) is 44.9 Å². The van der Waals surface area contributed by atoms with Crippen molar-refractivity contribution in [2.75, 3.05) is 19.0 Å². The van der Waals surface area contributed by atoms with E-state index in [-0.39, 0.29) is 17.3 Å². The fourth-order valence-electron chi connectivity index (χ4n) is 1.35. The number of alkyl halides is 2. The van der Waals surface area contributed by atoms with Crippen molar-refractivity contribution in [2.24, 2.45) is 10.9 Å². The standard InChI is InChI=1S/C11H14F2N2O4S/c12-10(13)7-19-5-6-20(17,18)9-3-1-8(2-4-9)11(14)15-16/h1-4,10,16H,5-7H2,(H2,14,15). The zero-order valence-corrected chi connectivity index (χ0v) is 11.2. The van der Waals surface area contributed by atoms with Crippen molar-refractivity contribution in [1.29, 1.82) is 0 Å². The van der Waals surface area contributed by atoms with Crippen molar-refractivity contribution in [2.45, 2.75) is 11.3 Å². The summed E-state index contributed by atoms with van der Waals surface area (Å²) in [5.41, 5.74) is 5.70. The molecule has 0 heterocycles. The lowest BCUT2D eigenvalue weighted by atomic mass is 10.2. The molecule has 0 aromatic heterocycles. The number of nitrogens with zero attached hydrogens (tertiary/aromatic N) is 1. The Balaban J connectivity index is 2.68. The summed E-state index contributed by atoms with van der Waals surface area (Å²) in [6.45, 7) is -1.10. The van der Waals surface area contributed by atoms with E-state index in [2.05, 4.69) is 9.89 Å². The van der Waals surface area contributed by atoms with Crippen molar-refractivity contribution in [3.05, 3.63) is 29.8 Å². The van der Waals surface area contributed by atoms with Crippen LogP contribution in [0.5, 0.6) is 0 Å². The Kier molecular flexibility index (Phi) is 5.83.